The number of likely N-dealkylation sites (tertiary alicyclic amines) is 1. The molecule has 1 aliphatic heterocycles. The van der Waals surface area contributed by atoms with E-state index < -0.39 is 10.0 Å². The van der Waals surface area contributed by atoms with Crippen LogP contribution in [0.5, 0.6) is 0 Å². The Balaban J connectivity index is 2.19. The van der Waals surface area contributed by atoms with Gasteiger partial charge in [0.25, 0.3) is 5.91 Å². The zero-order valence-corrected chi connectivity index (χ0v) is 15.6. The van der Waals surface area contributed by atoms with E-state index in [-0.39, 0.29) is 22.9 Å². The summed E-state index contributed by atoms with van der Waals surface area (Å²) in [7, 11) is -0.0787. The summed E-state index contributed by atoms with van der Waals surface area (Å²) in [6.45, 7) is 5.17. The second-order valence-electron chi connectivity index (χ2n) is 6.49. The third-order valence-electron chi connectivity index (χ3n) is 4.58. The maximum atomic E-state index is 12.7. The fourth-order valence-electron chi connectivity index (χ4n) is 2.93. The molecule has 0 saturated carbocycles. The Bertz CT molecular complexity index is 671. The van der Waals surface area contributed by atoms with Crippen molar-refractivity contribution >= 4 is 15.9 Å². The highest BCUT2D eigenvalue weighted by molar-refractivity contribution is 7.89. The molecule has 134 valence electrons. The molecule has 7 heteroatoms. The Morgan fingerprint density at radius 2 is 1.96 bits per heavy atom. The van der Waals surface area contributed by atoms with Crippen molar-refractivity contribution in [3.8, 4) is 0 Å². The van der Waals surface area contributed by atoms with E-state index in [2.05, 4.69) is 5.32 Å². The third kappa shape index (κ3) is 3.79. The van der Waals surface area contributed by atoms with Crippen LogP contribution in [0.4, 0.5) is 0 Å². The van der Waals surface area contributed by atoms with E-state index in [1.54, 1.807) is 19.2 Å². The molecule has 1 saturated heterocycles. The highest BCUT2D eigenvalue weighted by Gasteiger charge is 2.29. The number of nitrogens with one attached hydrogen (secondary N) is 1. The van der Waals surface area contributed by atoms with E-state index in [4.69, 9.17) is 0 Å². The lowest BCUT2D eigenvalue weighted by molar-refractivity contribution is 0.0737. The van der Waals surface area contributed by atoms with E-state index in [0.717, 1.165) is 25.9 Å². The lowest BCUT2D eigenvalue weighted by atomic mass is 10.1. The third-order valence-corrected chi connectivity index (χ3v) is 6.63. The van der Waals surface area contributed by atoms with E-state index in [0.29, 0.717) is 5.56 Å². The summed E-state index contributed by atoms with van der Waals surface area (Å²) >= 11 is 0. The van der Waals surface area contributed by atoms with Crippen LogP contribution in [0.2, 0.25) is 0 Å². The minimum absolute atomic E-state index is 0.0334. The van der Waals surface area contributed by atoms with Crippen molar-refractivity contribution in [1.29, 1.82) is 0 Å². The lowest BCUT2D eigenvalue weighted by Crippen LogP contribution is -2.40. The molecule has 1 N–H and O–H groups in total. The predicted molar refractivity (Wildman–Crippen MR) is 94.5 cm³/mol. The summed E-state index contributed by atoms with van der Waals surface area (Å²) in [5, 5.41) is 3.12. The van der Waals surface area contributed by atoms with Crippen LogP contribution in [0.1, 0.15) is 37.0 Å². The summed E-state index contributed by atoms with van der Waals surface area (Å²) < 4.78 is 26.3. The molecule has 1 aromatic rings. The number of sulfonamides is 1. The molecule has 6 nitrogen and oxygen atoms in total. The molecule has 0 radical (unpaired) electrons. The Hall–Kier alpha value is -1.44. The number of benzene rings is 1. The second-order valence-corrected chi connectivity index (χ2v) is 8.49. The van der Waals surface area contributed by atoms with Crippen molar-refractivity contribution in [1.82, 2.24) is 14.5 Å². The largest absolute Gasteiger partial charge is 0.334 e. The maximum absolute atomic E-state index is 12.7. The van der Waals surface area contributed by atoms with Crippen molar-refractivity contribution < 1.29 is 13.2 Å². The van der Waals surface area contributed by atoms with E-state index >= 15 is 0 Å². The molecule has 0 bridgehead atoms. The molecule has 24 heavy (non-hydrogen) atoms. The maximum Gasteiger partial charge on any atom is 0.254 e. The fraction of sp³-hybridized carbons (Fsp3) is 0.588. The minimum Gasteiger partial charge on any atom is -0.334 e. The average molecular weight is 353 g/mol. The summed E-state index contributed by atoms with van der Waals surface area (Å²) in [5.74, 6) is -0.0334. The molecular weight excluding hydrogens is 326 g/mol. The van der Waals surface area contributed by atoms with Gasteiger partial charge in [-0.2, -0.15) is 4.31 Å². The van der Waals surface area contributed by atoms with Crippen LogP contribution in [0.15, 0.2) is 29.2 Å². The first-order chi connectivity index (χ1) is 11.3. The molecule has 1 aliphatic rings. The van der Waals surface area contributed by atoms with Gasteiger partial charge in [-0.1, -0.05) is 0 Å². The SMILES string of the molecule is CNCC1CCCN1C(=O)c1ccc(S(=O)(=O)N(C)C(C)C)cc1. The van der Waals surface area contributed by atoms with Gasteiger partial charge in [0.05, 0.1) is 4.90 Å². The Morgan fingerprint density at radius 3 is 2.50 bits per heavy atom. The first-order valence-corrected chi connectivity index (χ1v) is 9.76. The normalized spacial score (nSPS) is 18.6. The molecule has 0 aromatic heterocycles. The van der Waals surface area contributed by atoms with Gasteiger partial charge in [-0.3, -0.25) is 4.79 Å². The monoisotopic (exact) mass is 353 g/mol. The zero-order valence-electron chi connectivity index (χ0n) is 14.8. The summed E-state index contributed by atoms with van der Waals surface area (Å²) in [6.07, 6.45) is 2.00. The van der Waals surface area contributed by atoms with Crippen molar-refractivity contribution in [2.24, 2.45) is 0 Å². The van der Waals surface area contributed by atoms with Gasteiger partial charge in [0.1, 0.15) is 0 Å². The first kappa shape index (κ1) is 18.9. The van der Waals surface area contributed by atoms with Gasteiger partial charge in [-0.25, -0.2) is 8.42 Å². The van der Waals surface area contributed by atoms with Crippen LogP contribution in [-0.2, 0) is 10.0 Å². The van der Waals surface area contributed by atoms with Crippen LogP contribution in [0, 0.1) is 0 Å². The molecule has 1 heterocycles. The van der Waals surface area contributed by atoms with Crippen LogP contribution in [-0.4, -0.2) is 62.8 Å². The molecule has 1 fully saturated rings. The molecule has 0 aliphatic carbocycles. The number of amides is 1. The number of hydrogen-bond donors (Lipinski definition) is 1. The van der Waals surface area contributed by atoms with Crippen LogP contribution < -0.4 is 5.32 Å². The van der Waals surface area contributed by atoms with Gasteiger partial charge in [-0.15, -0.1) is 0 Å². The first-order valence-electron chi connectivity index (χ1n) is 8.32. The topological polar surface area (TPSA) is 69.7 Å². The number of likely N-dealkylation sites (N-methyl/N-ethyl adjacent to an activating group) is 1. The number of carbonyl (C=O) groups excluding carboxylic acids is 1. The number of nitrogens with zero attached hydrogens (tertiary/aromatic N) is 2. The van der Waals surface area contributed by atoms with Crippen LogP contribution >= 0.6 is 0 Å². The fourth-order valence-corrected chi connectivity index (χ4v) is 4.30. The molecule has 1 aromatic carbocycles. The Labute approximate surface area is 144 Å². The summed E-state index contributed by atoms with van der Waals surface area (Å²) in [5.41, 5.74) is 0.532. The van der Waals surface area contributed by atoms with Gasteiger partial charge in [-0.05, 0) is 58.0 Å². The highest BCUT2D eigenvalue weighted by Crippen LogP contribution is 2.22. The molecule has 1 amide bonds. The molecule has 0 spiro atoms. The van der Waals surface area contributed by atoms with Gasteiger partial charge in [0.2, 0.25) is 10.0 Å². The van der Waals surface area contributed by atoms with Gasteiger partial charge in [0, 0.05) is 37.8 Å². The van der Waals surface area contributed by atoms with Gasteiger partial charge < -0.3 is 10.2 Å². The van der Waals surface area contributed by atoms with Crippen LogP contribution in [0.3, 0.4) is 0 Å². The van der Waals surface area contributed by atoms with Crippen molar-refractivity contribution in [2.45, 2.75) is 43.7 Å². The standard InChI is InChI=1S/C17H27N3O3S/c1-13(2)19(4)24(22,23)16-9-7-14(8-10-16)17(21)20-11-5-6-15(20)12-18-3/h7-10,13,15,18H,5-6,11-12H2,1-4H3. The Kier molecular flexibility index (Phi) is 6.01. The second kappa shape index (κ2) is 7.63. The van der Waals surface area contributed by atoms with Gasteiger partial charge in [0.15, 0.2) is 0 Å². The summed E-state index contributed by atoms with van der Waals surface area (Å²) in [4.78, 5) is 14.8. The number of carbonyl (C=O) groups is 1. The summed E-state index contributed by atoms with van der Waals surface area (Å²) in [6, 6.07) is 6.34. The minimum atomic E-state index is -3.52. The van der Waals surface area contributed by atoms with Gasteiger partial charge >= 0.3 is 0 Å². The Morgan fingerprint density at radius 1 is 1.33 bits per heavy atom. The van der Waals surface area contributed by atoms with E-state index in [1.807, 2.05) is 25.8 Å². The average Bonchev–Trinajstić information content (AvgIpc) is 3.02. The molecule has 1 atom stereocenters. The number of rotatable bonds is 6. The van der Waals surface area contributed by atoms with Crippen molar-refractivity contribution in [3.05, 3.63) is 29.8 Å². The quantitative estimate of drug-likeness (QED) is 0.842. The predicted octanol–water partition coefficient (Wildman–Crippen LogP) is 1.54. The zero-order chi connectivity index (χ0) is 17.9. The van der Waals surface area contributed by atoms with Crippen molar-refractivity contribution in [3.63, 3.8) is 0 Å². The molecular formula is C17H27N3O3S. The smallest absolute Gasteiger partial charge is 0.254 e. The highest BCUT2D eigenvalue weighted by atomic mass is 32.2. The lowest BCUT2D eigenvalue weighted by Gasteiger charge is -2.25. The van der Waals surface area contributed by atoms with Crippen LogP contribution in [0.25, 0.3) is 0 Å². The number of hydrogen-bond acceptors (Lipinski definition) is 4. The molecule has 1 unspecified atom stereocenters. The van der Waals surface area contributed by atoms with Crippen molar-refractivity contribution in [2.75, 3.05) is 27.2 Å². The van der Waals surface area contributed by atoms with E-state index in [9.17, 15) is 13.2 Å². The molecule has 2 rings (SSSR count). The van der Waals surface area contributed by atoms with E-state index in [1.165, 1.54) is 16.4 Å².